The molecule has 126 valence electrons. The third kappa shape index (κ3) is 3.37. The fourth-order valence-electron chi connectivity index (χ4n) is 3.82. The molecule has 0 unspecified atom stereocenters. The first kappa shape index (κ1) is 15.4. The lowest BCUT2D eigenvalue weighted by molar-refractivity contribution is -0.0792. The minimum absolute atomic E-state index is 0.212. The zero-order valence-corrected chi connectivity index (χ0v) is 13.8. The number of hydrogen-bond donors (Lipinski definition) is 0. The maximum Gasteiger partial charge on any atom is 0.217 e. The summed E-state index contributed by atoms with van der Waals surface area (Å²) in [4.78, 5) is 6.82. The highest BCUT2D eigenvalue weighted by Gasteiger charge is 2.45. The molecular formula is C18H26N2O3. The van der Waals surface area contributed by atoms with Gasteiger partial charge in [-0.2, -0.15) is 0 Å². The summed E-state index contributed by atoms with van der Waals surface area (Å²) in [7, 11) is 1.68. The number of aromatic nitrogens is 1. The molecule has 2 aliphatic heterocycles. The van der Waals surface area contributed by atoms with Gasteiger partial charge in [0.1, 0.15) is 6.10 Å². The Kier molecular flexibility index (Phi) is 4.51. The van der Waals surface area contributed by atoms with Crippen molar-refractivity contribution in [3.05, 3.63) is 23.9 Å². The van der Waals surface area contributed by atoms with Crippen LogP contribution in [0.2, 0.25) is 0 Å². The zero-order chi connectivity index (χ0) is 15.6. The molecular weight excluding hydrogens is 292 g/mol. The normalized spacial score (nSPS) is 31.1. The van der Waals surface area contributed by atoms with Crippen LogP contribution in [0.15, 0.2) is 18.3 Å². The molecule has 1 saturated carbocycles. The van der Waals surface area contributed by atoms with Gasteiger partial charge in [-0.1, -0.05) is 6.07 Å². The molecule has 0 radical (unpaired) electrons. The van der Waals surface area contributed by atoms with Gasteiger partial charge < -0.3 is 14.2 Å². The van der Waals surface area contributed by atoms with Gasteiger partial charge in [-0.3, -0.25) is 4.90 Å². The molecule has 1 aromatic heterocycles. The molecule has 23 heavy (non-hydrogen) atoms. The van der Waals surface area contributed by atoms with E-state index in [0.717, 1.165) is 50.1 Å². The lowest BCUT2D eigenvalue weighted by atomic mass is 10.0. The molecule has 0 amide bonds. The molecule has 3 aliphatic rings. The topological polar surface area (TPSA) is 43.8 Å². The summed E-state index contributed by atoms with van der Waals surface area (Å²) < 4.78 is 17.7. The number of likely N-dealkylation sites (tertiary alicyclic amines) is 1. The number of ether oxygens (including phenoxy) is 3. The maximum absolute atomic E-state index is 6.21. The van der Waals surface area contributed by atoms with Crippen molar-refractivity contribution in [1.29, 1.82) is 0 Å². The van der Waals surface area contributed by atoms with E-state index in [1.54, 1.807) is 13.3 Å². The summed E-state index contributed by atoms with van der Waals surface area (Å²) in [6.07, 6.45) is 7.21. The van der Waals surface area contributed by atoms with Crippen molar-refractivity contribution in [3.8, 4) is 5.88 Å². The predicted molar refractivity (Wildman–Crippen MR) is 86.4 cm³/mol. The predicted octanol–water partition coefficient (Wildman–Crippen LogP) is 2.25. The first-order valence-electron chi connectivity index (χ1n) is 8.80. The smallest absolute Gasteiger partial charge is 0.217 e. The fraction of sp³-hybridized carbons (Fsp3) is 0.722. The van der Waals surface area contributed by atoms with E-state index in [1.807, 2.05) is 6.07 Å². The molecule has 0 N–H and O–H groups in total. The fourth-order valence-corrected chi connectivity index (χ4v) is 3.82. The van der Waals surface area contributed by atoms with E-state index >= 15 is 0 Å². The summed E-state index contributed by atoms with van der Waals surface area (Å²) in [6, 6.07) is 4.53. The Morgan fingerprint density at radius 2 is 2.26 bits per heavy atom. The van der Waals surface area contributed by atoms with E-state index in [1.165, 1.54) is 19.3 Å². The highest BCUT2D eigenvalue weighted by atomic mass is 16.5. The van der Waals surface area contributed by atoms with Crippen LogP contribution >= 0.6 is 0 Å². The first-order chi connectivity index (χ1) is 11.3. The summed E-state index contributed by atoms with van der Waals surface area (Å²) in [5.74, 6) is 1.52. The van der Waals surface area contributed by atoms with E-state index < -0.39 is 0 Å². The van der Waals surface area contributed by atoms with Gasteiger partial charge in [-0.05, 0) is 37.7 Å². The van der Waals surface area contributed by atoms with Crippen LogP contribution in [0.3, 0.4) is 0 Å². The Bertz CT molecular complexity index is 535. The Morgan fingerprint density at radius 3 is 3.09 bits per heavy atom. The second kappa shape index (κ2) is 6.75. The third-order valence-electron chi connectivity index (χ3n) is 5.24. The van der Waals surface area contributed by atoms with E-state index in [4.69, 9.17) is 14.2 Å². The Hall–Kier alpha value is -1.17. The van der Waals surface area contributed by atoms with Crippen LogP contribution in [0, 0.1) is 5.92 Å². The summed E-state index contributed by atoms with van der Waals surface area (Å²) in [5, 5.41) is 0. The van der Waals surface area contributed by atoms with Crippen molar-refractivity contribution in [2.45, 2.75) is 50.5 Å². The van der Waals surface area contributed by atoms with Crippen molar-refractivity contribution in [3.63, 3.8) is 0 Å². The van der Waals surface area contributed by atoms with E-state index in [2.05, 4.69) is 16.0 Å². The van der Waals surface area contributed by atoms with Crippen LogP contribution in [0.25, 0.3) is 0 Å². The maximum atomic E-state index is 6.21. The third-order valence-corrected chi connectivity index (χ3v) is 5.24. The zero-order valence-electron chi connectivity index (χ0n) is 13.8. The molecule has 3 atom stereocenters. The Balaban J connectivity index is 1.46. The van der Waals surface area contributed by atoms with E-state index in [0.29, 0.717) is 6.04 Å². The van der Waals surface area contributed by atoms with Crippen LogP contribution in [0.5, 0.6) is 5.88 Å². The molecule has 1 aromatic rings. The van der Waals surface area contributed by atoms with Gasteiger partial charge in [0.05, 0.1) is 13.2 Å². The summed E-state index contributed by atoms with van der Waals surface area (Å²) in [6.45, 7) is 3.57. The van der Waals surface area contributed by atoms with Crippen LogP contribution in [-0.2, 0) is 16.0 Å². The SMILES string of the molecule is COc1ncccc1CN1C[C@@H](OCC2CC2)[C@@H]2OCCC[C@@H]21. The lowest BCUT2D eigenvalue weighted by Gasteiger charge is -2.32. The van der Waals surface area contributed by atoms with Gasteiger partial charge in [-0.15, -0.1) is 0 Å². The molecule has 3 fully saturated rings. The van der Waals surface area contributed by atoms with Crippen molar-refractivity contribution in [2.75, 3.05) is 26.9 Å². The molecule has 4 rings (SSSR count). The standard InChI is InChI=1S/C18H26N2O3/c1-21-18-14(4-2-8-19-18)10-20-11-16(23-12-13-6-7-13)17-15(20)5-3-9-22-17/h2,4,8,13,15-17H,3,5-7,9-12H2,1H3/t15-,16+,17+/m0/s1. The van der Waals surface area contributed by atoms with Crippen molar-refractivity contribution in [1.82, 2.24) is 9.88 Å². The van der Waals surface area contributed by atoms with Gasteiger partial charge in [0, 0.05) is 44.1 Å². The first-order valence-corrected chi connectivity index (χ1v) is 8.80. The quantitative estimate of drug-likeness (QED) is 0.805. The van der Waals surface area contributed by atoms with Crippen LogP contribution in [-0.4, -0.2) is 55.0 Å². The average molecular weight is 318 g/mol. The number of methoxy groups -OCH3 is 1. The van der Waals surface area contributed by atoms with Gasteiger partial charge in [0.25, 0.3) is 0 Å². The van der Waals surface area contributed by atoms with Crippen molar-refractivity contribution in [2.24, 2.45) is 5.92 Å². The number of rotatable bonds is 6. The highest BCUT2D eigenvalue weighted by Crippen LogP contribution is 2.35. The Labute approximate surface area is 137 Å². The van der Waals surface area contributed by atoms with Crippen molar-refractivity contribution < 1.29 is 14.2 Å². The molecule has 0 spiro atoms. The van der Waals surface area contributed by atoms with Crippen LogP contribution in [0.4, 0.5) is 0 Å². The molecule has 1 aliphatic carbocycles. The monoisotopic (exact) mass is 318 g/mol. The number of hydrogen-bond acceptors (Lipinski definition) is 5. The van der Waals surface area contributed by atoms with E-state index in [-0.39, 0.29) is 12.2 Å². The summed E-state index contributed by atoms with van der Waals surface area (Å²) in [5.41, 5.74) is 1.14. The largest absolute Gasteiger partial charge is 0.481 e. The van der Waals surface area contributed by atoms with Gasteiger partial charge >= 0.3 is 0 Å². The molecule has 0 bridgehead atoms. The second-order valence-electron chi connectivity index (χ2n) is 6.96. The molecule has 0 aromatic carbocycles. The van der Waals surface area contributed by atoms with Crippen LogP contribution in [0.1, 0.15) is 31.2 Å². The molecule has 5 nitrogen and oxygen atoms in total. The van der Waals surface area contributed by atoms with Gasteiger partial charge in [0.15, 0.2) is 0 Å². The molecule has 5 heteroatoms. The summed E-state index contributed by atoms with van der Waals surface area (Å²) >= 11 is 0. The van der Waals surface area contributed by atoms with Crippen molar-refractivity contribution >= 4 is 0 Å². The molecule has 2 saturated heterocycles. The minimum atomic E-state index is 0.212. The lowest BCUT2D eigenvalue weighted by Crippen LogP contribution is -2.41. The molecule has 3 heterocycles. The Morgan fingerprint density at radius 1 is 1.35 bits per heavy atom. The number of nitrogens with zero attached hydrogens (tertiary/aromatic N) is 2. The number of pyridine rings is 1. The van der Waals surface area contributed by atoms with Gasteiger partial charge in [0.2, 0.25) is 5.88 Å². The van der Waals surface area contributed by atoms with Crippen LogP contribution < -0.4 is 4.74 Å². The number of fused-ring (bicyclic) bond motifs is 1. The minimum Gasteiger partial charge on any atom is -0.481 e. The highest BCUT2D eigenvalue weighted by molar-refractivity contribution is 5.25. The second-order valence-corrected chi connectivity index (χ2v) is 6.96. The van der Waals surface area contributed by atoms with Gasteiger partial charge in [-0.25, -0.2) is 4.98 Å². The average Bonchev–Trinajstić information content (AvgIpc) is 3.37. The van der Waals surface area contributed by atoms with E-state index in [9.17, 15) is 0 Å².